The van der Waals surface area contributed by atoms with Gasteiger partial charge in [0, 0.05) is 36.4 Å². The molecule has 112 valence electrons. The topological polar surface area (TPSA) is 41.3 Å². The monoisotopic (exact) mass is 285 g/mol. The maximum Gasteiger partial charge on any atom is 0.181 e. The zero-order valence-corrected chi connectivity index (χ0v) is 12.7. The molecule has 1 aromatic heterocycles. The predicted octanol–water partition coefficient (Wildman–Crippen LogP) is 3.63. The van der Waals surface area contributed by atoms with E-state index >= 15 is 0 Å². The molecule has 4 nitrogen and oxygen atoms in total. The summed E-state index contributed by atoms with van der Waals surface area (Å²) in [4.78, 5) is 6.50. The van der Waals surface area contributed by atoms with Crippen molar-refractivity contribution in [3.05, 3.63) is 36.9 Å². The Morgan fingerprint density at radius 2 is 1.90 bits per heavy atom. The fourth-order valence-electron chi connectivity index (χ4n) is 2.88. The number of hydrogen-bond acceptors (Lipinski definition) is 4. The molecule has 1 fully saturated rings. The second-order valence-electron chi connectivity index (χ2n) is 5.99. The van der Waals surface area contributed by atoms with Crippen molar-refractivity contribution in [2.45, 2.75) is 38.8 Å². The fraction of sp³-hybridized carbons (Fsp3) is 0.471. The molecule has 1 aromatic carbocycles. The molecular formula is C17H23N3O. The summed E-state index contributed by atoms with van der Waals surface area (Å²) in [5.74, 6) is 0.812. The smallest absolute Gasteiger partial charge is 0.181 e. The summed E-state index contributed by atoms with van der Waals surface area (Å²) in [7, 11) is 0. The molecule has 0 spiro atoms. The van der Waals surface area contributed by atoms with E-state index in [0.29, 0.717) is 12.1 Å². The lowest BCUT2D eigenvalue weighted by Gasteiger charge is -2.35. The van der Waals surface area contributed by atoms with Gasteiger partial charge in [-0.25, -0.2) is 4.98 Å². The van der Waals surface area contributed by atoms with Gasteiger partial charge < -0.3 is 14.6 Å². The number of likely N-dealkylation sites (tertiary alicyclic amines) is 1. The Balaban J connectivity index is 1.57. The van der Waals surface area contributed by atoms with Crippen LogP contribution >= 0.6 is 0 Å². The van der Waals surface area contributed by atoms with Gasteiger partial charge in [-0.1, -0.05) is 0 Å². The van der Waals surface area contributed by atoms with E-state index in [2.05, 4.69) is 53.3 Å². The molecule has 21 heavy (non-hydrogen) atoms. The van der Waals surface area contributed by atoms with Gasteiger partial charge in [-0.15, -0.1) is 0 Å². The third kappa shape index (κ3) is 3.45. The van der Waals surface area contributed by atoms with Gasteiger partial charge in [0.25, 0.3) is 0 Å². The summed E-state index contributed by atoms with van der Waals surface area (Å²) < 4.78 is 5.31. The average molecular weight is 285 g/mol. The van der Waals surface area contributed by atoms with Crippen molar-refractivity contribution in [2.24, 2.45) is 0 Å². The van der Waals surface area contributed by atoms with Crippen LogP contribution in [0.1, 0.15) is 26.7 Å². The van der Waals surface area contributed by atoms with Crippen LogP contribution in [0.15, 0.2) is 41.3 Å². The number of piperidine rings is 1. The number of nitrogens with one attached hydrogen (secondary N) is 1. The number of rotatable bonds is 4. The molecule has 0 bridgehead atoms. The summed E-state index contributed by atoms with van der Waals surface area (Å²) in [6.07, 6.45) is 5.62. The minimum Gasteiger partial charge on any atom is -0.444 e. The Kier molecular flexibility index (Phi) is 4.25. The van der Waals surface area contributed by atoms with Crippen LogP contribution in [0.4, 0.5) is 5.69 Å². The highest BCUT2D eigenvalue weighted by Gasteiger charge is 2.20. The Labute approximate surface area is 126 Å². The number of aromatic nitrogens is 1. The normalized spacial score (nSPS) is 17.3. The molecule has 1 saturated heterocycles. The van der Waals surface area contributed by atoms with Gasteiger partial charge in [0.2, 0.25) is 0 Å². The molecular weight excluding hydrogens is 262 g/mol. The lowest BCUT2D eigenvalue weighted by Crippen LogP contribution is -2.42. The first-order valence-electron chi connectivity index (χ1n) is 7.72. The van der Waals surface area contributed by atoms with Crippen LogP contribution in [0.2, 0.25) is 0 Å². The summed E-state index contributed by atoms with van der Waals surface area (Å²) >= 11 is 0. The van der Waals surface area contributed by atoms with Crippen molar-refractivity contribution in [1.82, 2.24) is 9.88 Å². The maximum absolute atomic E-state index is 5.31. The fourth-order valence-corrected chi connectivity index (χ4v) is 2.88. The van der Waals surface area contributed by atoms with E-state index in [-0.39, 0.29) is 0 Å². The van der Waals surface area contributed by atoms with E-state index in [9.17, 15) is 0 Å². The van der Waals surface area contributed by atoms with Crippen LogP contribution in [0.3, 0.4) is 0 Å². The molecule has 4 heteroatoms. The molecule has 2 aromatic rings. The van der Waals surface area contributed by atoms with Gasteiger partial charge in [-0.3, -0.25) is 0 Å². The standard InChI is InChI=1S/C17H23N3O/c1-13(2)20-9-7-16(8-10-20)19-15-5-3-14(4-6-15)17-11-18-12-21-17/h3-6,11-13,16,19H,7-10H2,1-2H3. The zero-order chi connectivity index (χ0) is 14.7. The Hall–Kier alpha value is -1.81. The van der Waals surface area contributed by atoms with E-state index < -0.39 is 0 Å². The average Bonchev–Trinajstić information content (AvgIpc) is 3.03. The van der Waals surface area contributed by atoms with Crippen LogP contribution in [-0.4, -0.2) is 35.1 Å². The first-order chi connectivity index (χ1) is 10.2. The minimum absolute atomic E-state index is 0.580. The number of hydrogen-bond donors (Lipinski definition) is 1. The molecule has 0 amide bonds. The van der Waals surface area contributed by atoms with Crippen molar-refractivity contribution in [1.29, 1.82) is 0 Å². The van der Waals surface area contributed by atoms with Gasteiger partial charge in [-0.2, -0.15) is 0 Å². The number of benzene rings is 1. The SMILES string of the molecule is CC(C)N1CCC(Nc2ccc(-c3cnco3)cc2)CC1. The van der Waals surface area contributed by atoms with E-state index in [1.54, 1.807) is 6.20 Å². The van der Waals surface area contributed by atoms with Crippen molar-refractivity contribution < 1.29 is 4.42 Å². The van der Waals surface area contributed by atoms with Crippen LogP contribution in [0.5, 0.6) is 0 Å². The molecule has 0 saturated carbocycles. The first kappa shape index (κ1) is 14.1. The maximum atomic E-state index is 5.31. The van der Waals surface area contributed by atoms with Crippen LogP contribution in [0, 0.1) is 0 Å². The number of nitrogens with zero attached hydrogens (tertiary/aromatic N) is 2. The van der Waals surface area contributed by atoms with Gasteiger partial charge in [0.05, 0.1) is 6.20 Å². The highest BCUT2D eigenvalue weighted by atomic mass is 16.3. The highest BCUT2D eigenvalue weighted by Crippen LogP contribution is 2.23. The summed E-state index contributed by atoms with van der Waals surface area (Å²) in [5, 5.41) is 3.64. The van der Waals surface area contributed by atoms with Crippen molar-refractivity contribution in [3.8, 4) is 11.3 Å². The van der Waals surface area contributed by atoms with E-state index in [0.717, 1.165) is 11.3 Å². The summed E-state index contributed by atoms with van der Waals surface area (Å²) in [6, 6.07) is 9.63. The quantitative estimate of drug-likeness (QED) is 0.931. The van der Waals surface area contributed by atoms with E-state index in [1.165, 1.54) is 38.0 Å². The molecule has 1 aliphatic rings. The second kappa shape index (κ2) is 6.31. The molecule has 0 aliphatic carbocycles. The molecule has 2 heterocycles. The molecule has 1 N–H and O–H groups in total. The zero-order valence-electron chi connectivity index (χ0n) is 12.7. The molecule has 1 aliphatic heterocycles. The largest absolute Gasteiger partial charge is 0.444 e. The number of oxazole rings is 1. The highest BCUT2D eigenvalue weighted by molar-refractivity contribution is 5.60. The lowest BCUT2D eigenvalue weighted by molar-refractivity contribution is 0.177. The minimum atomic E-state index is 0.580. The molecule has 3 rings (SSSR count). The third-order valence-corrected chi connectivity index (χ3v) is 4.23. The van der Waals surface area contributed by atoms with Crippen molar-refractivity contribution in [3.63, 3.8) is 0 Å². The Morgan fingerprint density at radius 1 is 1.19 bits per heavy atom. The first-order valence-corrected chi connectivity index (χ1v) is 7.72. The third-order valence-electron chi connectivity index (χ3n) is 4.23. The molecule has 0 unspecified atom stereocenters. The lowest BCUT2D eigenvalue weighted by atomic mass is 10.0. The second-order valence-corrected chi connectivity index (χ2v) is 5.99. The van der Waals surface area contributed by atoms with Gasteiger partial charge in [-0.05, 0) is 51.0 Å². The van der Waals surface area contributed by atoms with Crippen molar-refractivity contribution >= 4 is 5.69 Å². The van der Waals surface area contributed by atoms with Crippen molar-refractivity contribution in [2.75, 3.05) is 18.4 Å². The van der Waals surface area contributed by atoms with E-state index in [4.69, 9.17) is 4.42 Å². The van der Waals surface area contributed by atoms with E-state index in [1.807, 2.05) is 0 Å². The summed E-state index contributed by atoms with van der Waals surface area (Å²) in [6.45, 7) is 6.92. The van der Waals surface area contributed by atoms with Crippen LogP contribution in [-0.2, 0) is 0 Å². The van der Waals surface area contributed by atoms with Gasteiger partial charge in [0.1, 0.15) is 0 Å². The van der Waals surface area contributed by atoms with Gasteiger partial charge in [0.15, 0.2) is 12.2 Å². The van der Waals surface area contributed by atoms with Crippen LogP contribution in [0.25, 0.3) is 11.3 Å². The number of anilines is 1. The van der Waals surface area contributed by atoms with Gasteiger partial charge >= 0.3 is 0 Å². The molecule has 0 atom stereocenters. The Bertz CT molecular complexity index is 540. The van der Waals surface area contributed by atoms with Crippen LogP contribution < -0.4 is 5.32 Å². The predicted molar refractivity (Wildman–Crippen MR) is 85.3 cm³/mol. The molecule has 0 radical (unpaired) electrons. The summed E-state index contributed by atoms with van der Waals surface area (Å²) in [5.41, 5.74) is 2.24. The Morgan fingerprint density at radius 3 is 2.48 bits per heavy atom.